The van der Waals surface area contributed by atoms with E-state index in [-0.39, 0.29) is 36.0 Å². The molecule has 0 aliphatic carbocycles. The molecule has 9 heteroatoms. The molecule has 2 aromatic carbocycles. The molecular weight excluding hydrogens is 415 g/mol. The first-order valence-electron chi connectivity index (χ1n) is 10.5. The van der Waals surface area contributed by atoms with Gasteiger partial charge in [-0.05, 0) is 41.8 Å². The molecule has 1 atom stereocenters. The maximum atomic E-state index is 14.4. The molecular formula is C23H23FN4O4. The average molecular weight is 438 g/mol. The molecule has 1 fully saturated rings. The lowest BCUT2D eigenvalue weighted by Crippen LogP contribution is -2.40. The van der Waals surface area contributed by atoms with E-state index < -0.39 is 11.7 Å². The zero-order chi connectivity index (χ0) is 22.4. The molecule has 0 radical (unpaired) electrons. The van der Waals surface area contributed by atoms with Gasteiger partial charge in [0.05, 0.1) is 31.0 Å². The zero-order valence-corrected chi connectivity index (χ0v) is 17.9. The van der Waals surface area contributed by atoms with Gasteiger partial charge in [0, 0.05) is 26.1 Å². The Morgan fingerprint density at radius 1 is 1.19 bits per heavy atom. The van der Waals surface area contributed by atoms with Gasteiger partial charge in [-0.3, -0.25) is 19.6 Å². The third kappa shape index (κ3) is 3.24. The number of methoxy groups -OCH3 is 2. The van der Waals surface area contributed by atoms with Gasteiger partial charge in [0.15, 0.2) is 17.3 Å². The second-order valence-corrected chi connectivity index (χ2v) is 8.10. The molecule has 1 N–H and O–H groups in total. The third-order valence-corrected chi connectivity index (χ3v) is 6.28. The van der Waals surface area contributed by atoms with Crippen LogP contribution in [0.1, 0.15) is 17.5 Å². The Labute approximate surface area is 183 Å². The van der Waals surface area contributed by atoms with Gasteiger partial charge in [0.25, 0.3) is 0 Å². The van der Waals surface area contributed by atoms with E-state index in [0.717, 1.165) is 11.1 Å². The summed E-state index contributed by atoms with van der Waals surface area (Å²) in [5, 5.41) is 7.18. The number of halogens is 1. The van der Waals surface area contributed by atoms with Crippen LogP contribution in [0.15, 0.2) is 30.3 Å². The lowest BCUT2D eigenvalue weighted by Gasteiger charge is -2.31. The highest BCUT2D eigenvalue weighted by Crippen LogP contribution is 2.35. The Morgan fingerprint density at radius 2 is 1.94 bits per heavy atom. The second kappa shape index (κ2) is 7.81. The first-order chi connectivity index (χ1) is 15.5. The molecule has 2 aliphatic rings. The molecule has 5 rings (SSSR count). The monoisotopic (exact) mass is 438 g/mol. The standard InChI is InChI=1S/C23H23FN4O4/c1-31-18-8-13-6-7-27(11-14(13)9-19(18)32-2)23(30)15-10-20(29)28(12-15)22-21-16(24)4-3-5-17(21)25-26-22/h3-5,8-9,15H,6-7,10-12H2,1-2H3,(H,25,26)/t15-/m0/s1. The van der Waals surface area contributed by atoms with E-state index in [4.69, 9.17) is 9.47 Å². The van der Waals surface area contributed by atoms with Crippen LogP contribution in [0.25, 0.3) is 10.9 Å². The van der Waals surface area contributed by atoms with Crippen LogP contribution >= 0.6 is 0 Å². The summed E-state index contributed by atoms with van der Waals surface area (Å²) < 4.78 is 25.1. The normalized spacial score (nSPS) is 18.2. The van der Waals surface area contributed by atoms with Crippen molar-refractivity contribution in [3.63, 3.8) is 0 Å². The third-order valence-electron chi connectivity index (χ3n) is 6.28. The molecule has 3 heterocycles. The SMILES string of the molecule is COc1cc2c(cc1OC)CN(C(=O)[C@H]1CC(=O)N(c3n[nH]c4cccc(F)c34)C1)CC2. The van der Waals surface area contributed by atoms with Crippen LogP contribution in [0, 0.1) is 11.7 Å². The van der Waals surface area contributed by atoms with Crippen LogP contribution < -0.4 is 14.4 Å². The Kier molecular flexibility index (Phi) is 4.96. The van der Waals surface area contributed by atoms with E-state index in [9.17, 15) is 14.0 Å². The fourth-order valence-corrected chi connectivity index (χ4v) is 4.62. The molecule has 32 heavy (non-hydrogen) atoms. The van der Waals surface area contributed by atoms with Crippen molar-refractivity contribution in [1.29, 1.82) is 0 Å². The van der Waals surface area contributed by atoms with Crippen LogP contribution in [-0.4, -0.2) is 54.2 Å². The first-order valence-corrected chi connectivity index (χ1v) is 10.5. The van der Waals surface area contributed by atoms with Gasteiger partial charge in [-0.25, -0.2) is 4.39 Å². The van der Waals surface area contributed by atoms with Crippen LogP contribution in [0.4, 0.5) is 10.2 Å². The Morgan fingerprint density at radius 3 is 2.69 bits per heavy atom. The fraction of sp³-hybridized carbons (Fsp3) is 0.348. The lowest BCUT2D eigenvalue weighted by molar-refractivity contribution is -0.136. The van der Waals surface area contributed by atoms with Gasteiger partial charge in [-0.2, -0.15) is 5.10 Å². The van der Waals surface area contributed by atoms with Crippen LogP contribution in [-0.2, 0) is 22.6 Å². The van der Waals surface area contributed by atoms with Crippen molar-refractivity contribution in [2.24, 2.45) is 5.92 Å². The summed E-state index contributed by atoms with van der Waals surface area (Å²) in [6.45, 7) is 1.19. The Bertz CT molecular complexity index is 1220. The Hall–Kier alpha value is -3.62. The molecule has 0 unspecified atom stereocenters. The summed E-state index contributed by atoms with van der Waals surface area (Å²) in [5.74, 6) is 0.259. The maximum absolute atomic E-state index is 14.4. The number of hydrogen-bond donors (Lipinski definition) is 1. The molecule has 2 aliphatic heterocycles. The summed E-state index contributed by atoms with van der Waals surface area (Å²) in [6, 6.07) is 8.47. The number of carbonyl (C=O) groups is 2. The van der Waals surface area contributed by atoms with Crippen LogP contribution in [0.5, 0.6) is 11.5 Å². The van der Waals surface area contributed by atoms with Crippen LogP contribution in [0.3, 0.4) is 0 Å². The number of benzene rings is 2. The predicted octanol–water partition coefficient (Wildman–Crippen LogP) is 2.66. The molecule has 0 spiro atoms. The van der Waals surface area contributed by atoms with Crippen molar-refractivity contribution in [3.8, 4) is 11.5 Å². The summed E-state index contributed by atoms with van der Waals surface area (Å²) in [6.07, 6.45) is 0.776. The topological polar surface area (TPSA) is 87.8 Å². The second-order valence-electron chi connectivity index (χ2n) is 8.10. The van der Waals surface area contributed by atoms with Gasteiger partial charge < -0.3 is 14.4 Å². The first kappa shape index (κ1) is 20.3. The summed E-state index contributed by atoms with van der Waals surface area (Å²) in [5.41, 5.74) is 2.64. The largest absolute Gasteiger partial charge is 0.493 e. The summed E-state index contributed by atoms with van der Waals surface area (Å²) in [7, 11) is 3.18. The number of aromatic nitrogens is 2. The molecule has 1 aromatic heterocycles. The number of nitrogens with one attached hydrogen (secondary N) is 1. The predicted molar refractivity (Wildman–Crippen MR) is 115 cm³/mol. The minimum Gasteiger partial charge on any atom is -0.493 e. The molecule has 3 aromatic rings. The molecule has 8 nitrogen and oxygen atoms in total. The van der Waals surface area contributed by atoms with E-state index in [1.165, 1.54) is 11.0 Å². The van der Waals surface area contributed by atoms with Gasteiger partial charge in [0.2, 0.25) is 11.8 Å². The minimum absolute atomic E-state index is 0.0803. The van der Waals surface area contributed by atoms with Gasteiger partial charge in [-0.1, -0.05) is 6.07 Å². The van der Waals surface area contributed by atoms with Crippen molar-refractivity contribution >= 4 is 28.5 Å². The number of aromatic amines is 1. The van der Waals surface area contributed by atoms with Crippen molar-refractivity contribution < 1.29 is 23.5 Å². The highest BCUT2D eigenvalue weighted by atomic mass is 19.1. The molecule has 1 saturated heterocycles. The highest BCUT2D eigenvalue weighted by Gasteiger charge is 2.39. The van der Waals surface area contributed by atoms with E-state index in [1.807, 2.05) is 12.1 Å². The average Bonchev–Trinajstić information content (AvgIpc) is 3.41. The molecule has 0 saturated carbocycles. The summed E-state index contributed by atoms with van der Waals surface area (Å²) in [4.78, 5) is 29.2. The molecule has 0 bridgehead atoms. The highest BCUT2D eigenvalue weighted by molar-refractivity contribution is 6.05. The fourth-order valence-electron chi connectivity index (χ4n) is 4.62. The number of nitrogens with zero attached hydrogens (tertiary/aromatic N) is 3. The maximum Gasteiger partial charge on any atom is 0.229 e. The minimum atomic E-state index is -0.497. The van der Waals surface area contributed by atoms with Gasteiger partial charge in [0.1, 0.15) is 5.82 Å². The van der Waals surface area contributed by atoms with Crippen molar-refractivity contribution in [3.05, 3.63) is 47.3 Å². The van der Waals surface area contributed by atoms with Gasteiger partial charge in [-0.15, -0.1) is 0 Å². The van der Waals surface area contributed by atoms with E-state index in [0.29, 0.717) is 36.5 Å². The number of H-pyrrole nitrogens is 1. The van der Waals surface area contributed by atoms with Crippen molar-refractivity contribution in [2.75, 3.05) is 32.2 Å². The number of anilines is 1. The number of hydrogen-bond acceptors (Lipinski definition) is 5. The Balaban J connectivity index is 1.35. The van der Waals surface area contributed by atoms with Crippen molar-refractivity contribution in [2.45, 2.75) is 19.4 Å². The number of fused-ring (bicyclic) bond motifs is 2. The zero-order valence-electron chi connectivity index (χ0n) is 17.9. The smallest absolute Gasteiger partial charge is 0.229 e. The molecule has 2 amide bonds. The van der Waals surface area contributed by atoms with Gasteiger partial charge >= 0.3 is 0 Å². The van der Waals surface area contributed by atoms with E-state index in [2.05, 4.69) is 10.2 Å². The van der Waals surface area contributed by atoms with E-state index in [1.54, 1.807) is 31.3 Å². The molecule has 166 valence electrons. The quantitative estimate of drug-likeness (QED) is 0.677. The number of rotatable bonds is 4. The van der Waals surface area contributed by atoms with Crippen molar-refractivity contribution in [1.82, 2.24) is 15.1 Å². The lowest BCUT2D eigenvalue weighted by atomic mass is 9.97. The number of ether oxygens (including phenoxy) is 2. The summed E-state index contributed by atoms with van der Waals surface area (Å²) >= 11 is 0. The number of carbonyl (C=O) groups excluding carboxylic acids is 2. The van der Waals surface area contributed by atoms with Crippen LogP contribution in [0.2, 0.25) is 0 Å². The van der Waals surface area contributed by atoms with E-state index >= 15 is 0 Å². The number of amides is 2.